The lowest BCUT2D eigenvalue weighted by molar-refractivity contribution is 0.117. The summed E-state index contributed by atoms with van der Waals surface area (Å²) in [6.45, 7) is 13.0. The first-order valence-electron chi connectivity index (χ1n) is 8.20. The third kappa shape index (κ3) is 4.76. The van der Waals surface area contributed by atoms with Crippen LogP contribution in [0.2, 0.25) is 0 Å². The second-order valence-corrected chi connectivity index (χ2v) is 8.22. The lowest BCUT2D eigenvalue weighted by Crippen LogP contribution is -2.39. The molecule has 2 rings (SSSR count). The molecule has 1 saturated heterocycles. The van der Waals surface area contributed by atoms with Crippen LogP contribution in [0, 0.1) is 5.92 Å². The molecule has 3 nitrogen and oxygen atoms in total. The average Bonchev–Trinajstić information content (AvgIpc) is 3.02. The molecule has 0 spiro atoms. The van der Waals surface area contributed by atoms with Crippen LogP contribution in [0.15, 0.2) is 5.38 Å². The van der Waals surface area contributed by atoms with Crippen molar-refractivity contribution < 1.29 is 4.74 Å². The van der Waals surface area contributed by atoms with Gasteiger partial charge in [-0.2, -0.15) is 0 Å². The maximum absolute atomic E-state index is 5.77. The molecule has 21 heavy (non-hydrogen) atoms. The Morgan fingerprint density at radius 2 is 2.24 bits per heavy atom. The molecule has 3 atom stereocenters. The summed E-state index contributed by atoms with van der Waals surface area (Å²) in [6.07, 6.45) is 3.77. The Kier molecular flexibility index (Phi) is 5.81. The third-order valence-corrected chi connectivity index (χ3v) is 5.04. The van der Waals surface area contributed by atoms with Crippen LogP contribution in [0.5, 0.6) is 0 Å². The van der Waals surface area contributed by atoms with Gasteiger partial charge in [0.2, 0.25) is 0 Å². The minimum atomic E-state index is 0.145. The van der Waals surface area contributed by atoms with Crippen molar-refractivity contribution in [2.75, 3.05) is 13.2 Å². The van der Waals surface area contributed by atoms with E-state index in [1.54, 1.807) is 11.3 Å². The smallest absolute Gasteiger partial charge is 0.0944 e. The molecular weight excluding hydrogens is 280 g/mol. The van der Waals surface area contributed by atoms with Gasteiger partial charge in [0.1, 0.15) is 0 Å². The molecule has 1 fully saturated rings. The molecule has 0 bridgehead atoms. The summed E-state index contributed by atoms with van der Waals surface area (Å²) in [5, 5.41) is 7.19. The maximum atomic E-state index is 5.77. The van der Waals surface area contributed by atoms with Crippen molar-refractivity contribution in [3.8, 4) is 0 Å². The van der Waals surface area contributed by atoms with Gasteiger partial charge in [0, 0.05) is 29.2 Å². The molecule has 0 aliphatic carbocycles. The van der Waals surface area contributed by atoms with E-state index in [4.69, 9.17) is 9.72 Å². The summed E-state index contributed by atoms with van der Waals surface area (Å²) in [5.41, 5.74) is 1.36. The predicted octanol–water partition coefficient (Wildman–Crippen LogP) is 3.78. The quantitative estimate of drug-likeness (QED) is 0.868. The Labute approximate surface area is 133 Å². The number of hydrogen-bond donors (Lipinski definition) is 1. The van der Waals surface area contributed by atoms with Crippen molar-refractivity contribution in [1.29, 1.82) is 0 Å². The van der Waals surface area contributed by atoms with Crippen molar-refractivity contribution in [3.05, 3.63) is 16.1 Å². The van der Waals surface area contributed by atoms with Crippen LogP contribution in [0.1, 0.15) is 58.2 Å². The molecule has 0 amide bonds. The van der Waals surface area contributed by atoms with Crippen molar-refractivity contribution in [2.24, 2.45) is 5.92 Å². The fourth-order valence-corrected chi connectivity index (χ4v) is 3.88. The topological polar surface area (TPSA) is 34.2 Å². The van der Waals surface area contributed by atoms with Gasteiger partial charge in [0.15, 0.2) is 0 Å². The van der Waals surface area contributed by atoms with Gasteiger partial charge in [-0.1, -0.05) is 27.7 Å². The number of rotatable bonds is 6. The Bertz CT molecular complexity index is 438. The zero-order valence-corrected chi connectivity index (χ0v) is 14.9. The first kappa shape index (κ1) is 16.9. The van der Waals surface area contributed by atoms with E-state index in [1.165, 1.54) is 23.5 Å². The number of thiazole rings is 1. The Hall–Kier alpha value is -0.450. The van der Waals surface area contributed by atoms with Gasteiger partial charge < -0.3 is 10.1 Å². The van der Waals surface area contributed by atoms with E-state index >= 15 is 0 Å². The standard InChI is InChI=1S/C17H30N2OS/c1-6-7-18-14(13-8-12(2)20-10-13)9-16-19-15(11-21-16)17(3,4)5/h11-14,18H,6-10H2,1-5H3. The molecule has 0 radical (unpaired) electrons. The summed E-state index contributed by atoms with van der Waals surface area (Å²) in [7, 11) is 0. The highest BCUT2D eigenvalue weighted by Crippen LogP contribution is 2.28. The van der Waals surface area contributed by atoms with E-state index in [-0.39, 0.29) is 5.41 Å². The molecule has 0 saturated carbocycles. The number of nitrogens with one attached hydrogen (secondary N) is 1. The lowest BCUT2D eigenvalue weighted by Gasteiger charge is -2.23. The van der Waals surface area contributed by atoms with E-state index in [0.717, 1.165) is 19.6 Å². The second kappa shape index (κ2) is 7.21. The predicted molar refractivity (Wildman–Crippen MR) is 90.1 cm³/mol. The normalized spacial score (nSPS) is 24.4. The molecular formula is C17H30N2OS. The number of aromatic nitrogens is 1. The largest absolute Gasteiger partial charge is 0.378 e. The van der Waals surface area contributed by atoms with E-state index in [9.17, 15) is 0 Å². The number of hydrogen-bond acceptors (Lipinski definition) is 4. The SMILES string of the molecule is CCCNC(Cc1nc(C(C)(C)C)cs1)C1COC(C)C1. The molecule has 1 N–H and O–H groups in total. The summed E-state index contributed by atoms with van der Waals surface area (Å²) in [5.74, 6) is 0.619. The van der Waals surface area contributed by atoms with Gasteiger partial charge >= 0.3 is 0 Å². The number of ether oxygens (including phenoxy) is 1. The van der Waals surface area contributed by atoms with Gasteiger partial charge in [-0.25, -0.2) is 4.98 Å². The van der Waals surface area contributed by atoms with Crippen LogP contribution >= 0.6 is 11.3 Å². The van der Waals surface area contributed by atoms with Crippen LogP contribution in [0.25, 0.3) is 0 Å². The molecule has 0 aromatic carbocycles. The molecule has 1 aromatic rings. The monoisotopic (exact) mass is 310 g/mol. The zero-order valence-electron chi connectivity index (χ0n) is 14.1. The average molecular weight is 311 g/mol. The highest BCUT2D eigenvalue weighted by molar-refractivity contribution is 7.09. The van der Waals surface area contributed by atoms with Gasteiger partial charge in [0.05, 0.1) is 23.4 Å². The van der Waals surface area contributed by atoms with E-state index in [0.29, 0.717) is 18.1 Å². The highest BCUT2D eigenvalue weighted by atomic mass is 32.1. The summed E-state index contributed by atoms with van der Waals surface area (Å²) in [6, 6.07) is 0.494. The zero-order chi connectivity index (χ0) is 15.5. The highest BCUT2D eigenvalue weighted by Gasteiger charge is 2.30. The van der Waals surface area contributed by atoms with E-state index in [2.05, 4.69) is 45.3 Å². The van der Waals surface area contributed by atoms with Crippen molar-refractivity contribution in [3.63, 3.8) is 0 Å². The fourth-order valence-electron chi connectivity index (χ4n) is 2.80. The first-order chi connectivity index (χ1) is 9.90. The van der Waals surface area contributed by atoms with Gasteiger partial charge in [-0.3, -0.25) is 0 Å². The Morgan fingerprint density at radius 3 is 2.76 bits per heavy atom. The van der Waals surface area contributed by atoms with Crippen molar-refractivity contribution in [2.45, 2.75) is 71.4 Å². The fraction of sp³-hybridized carbons (Fsp3) is 0.824. The van der Waals surface area contributed by atoms with Crippen molar-refractivity contribution in [1.82, 2.24) is 10.3 Å². The van der Waals surface area contributed by atoms with Gasteiger partial charge in [-0.05, 0) is 26.3 Å². The van der Waals surface area contributed by atoms with Crippen LogP contribution in [-0.2, 0) is 16.6 Å². The molecule has 1 aliphatic rings. The molecule has 1 aliphatic heterocycles. The van der Waals surface area contributed by atoms with Crippen LogP contribution in [0.3, 0.4) is 0 Å². The van der Waals surface area contributed by atoms with Crippen molar-refractivity contribution >= 4 is 11.3 Å². The summed E-state index contributed by atoms with van der Waals surface area (Å²) < 4.78 is 5.77. The second-order valence-electron chi connectivity index (χ2n) is 7.28. The number of nitrogens with zero attached hydrogens (tertiary/aromatic N) is 1. The minimum absolute atomic E-state index is 0.145. The molecule has 3 unspecified atom stereocenters. The molecule has 120 valence electrons. The Balaban J connectivity index is 2.02. The molecule has 1 aromatic heterocycles. The molecule has 4 heteroatoms. The molecule has 2 heterocycles. The van der Waals surface area contributed by atoms with Crippen LogP contribution in [0.4, 0.5) is 0 Å². The maximum Gasteiger partial charge on any atom is 0.0944 e. The van der Waals surface area contributed by atoms with Crippen LogP contribution in [-0.4, -0.2) is 30.3 Å². The van der Waals surface area contributed by atoms with E-state index in [1.807, 2.05) is 0 Å². The lowest BCUT2D eigenvalue weighted by atomic mass is 9.93. The Morgan fingerprint density at radius 1 is 1.48 bits per heavy atom. The summed E-state index contributed by atoms with van der Waals surface area (Å²) >= 11 is 1.81. The van der Waals surface area contributed by atoms with Crippen LogP contribution < -0.4 is 5.32 Å². The first-order valence-corrected chi connectivity index (χ1v) is 9.08. The third-order valence-electron chi connectivity index (χ3n) is 4.17. The summed E-state index contributed by atoms with van der Waals surface area (Å²) in [4.78, 5) is 4.86. The van der Waals surface area contributed by atoms with Gasteiger partial charge in [-0.15, -0.1) is 11.3 Å². The minimum Gasteiger partial charge on any atom is -0.378 e. The van der Waals surface area contributed by atoms with Gasteiger partial charge in [0.25, 0.3) is 0 Å². The van der Waals surface area contributed by atoms with E-state index < -0.39 is 0 Å².